The standard InChI is InChI=1S/C18H29N5O2/c1-3-21-10-12-23(13-11-21)17(24)14-15-5-8-22(9-6-15)16-4-7-19-18(20-16)25-2/h4,7,15H,3,5-6,8-14H2,1-2H3. The van der Waals surface area contributed by atoms with Gasteiger partial charge in [-0.25, -0.2) is 4.98 Å². The number of rotatable bonds is 5. The molecule has 0 aromatic carbocycles. The van der Waals surface area contributed by atoms with Gasteiger partial charge in [-0.3, -0.25) is 4.79 Å². The highest BCUT2D eigenvalue weighted by Gasteiger charge is 2.26. The normalized spacial score (nSPS) is 19.9. The Balaban J connectivity index is 1.45. The Kier molecular flexibility index (Phi) is 6.07. The van der Waals surface area contributed by atoms with E-state index in [1.165, 1.54) is 0 Å². The molecule has 2 aliphatic heterocycles. The number of hydrogen-bond donors (Lipinski definition) is 0. The molecule has 2 fully saturated rings. The highest BCUT2D eigenvalue weighted by molar-refractivity contribution is 5.76. The fourth-order valence-corrected chi connectivity index (χ4v) is 3.66. The van der Waals surface area contributed by atoms with E-state index < -0.39 is 0 Å². The predicted octanol–water partition coefficient (Wildman–Crippen LogP) is 1.26. The zero-order valence-corrected chi connectivity index (χ0v) is 15.4. The monoisotopic (exact) mass is 347 g/mol. The Bertz CT molecular complexity index is 566. The van der Waals surface area contributed by atoms with Gasteiger partial charge in [-0.1, -0.05) is 6.92 Å². The lowest BCUT2D eigenvalue weighted by Gasteiger charge is -2.36. The van der Waals surface area contributed by atoms with E-state index in [1.54, 1.807) is 13.3 Å². The van der Waals surface area contributed by atoms with Crippen molar-refractivity contribution < 1.29 is 9.53 Å². The average Bonchev–Trinajstić information content (AvgIpc) is 2.68. The number of nitrogens with zero attached hydrogens (tertiary/aromatic N) is 5. The number of carbonyl (C=O) groups excluding carboxylic acids is 1. The number of aromatic nitrogens is 2. The average molecular weight is 347 g/mol. The van der Waals surface area contributed by atoms with Crippen molar-refractivity contribution in [2.75, 3.05) is 57.8 Å². The highest BCUT2D eigenvalue weighted by atomic mass is 16.5. The fraction of sp³-hybridized carbons (Fsp3) is 0.722. The zero-order valence-electron chi connectivity index (χ0n) is 15.4. The molecule has 25 heavy (non-hydrogen) atoms. The second-order valence-corrected chi connectivity index (χ2v) is 6.85. The third-order valence-electron chi connectivity index (χ3n) is 5.38. The van der Waals surface area contributed by atoms with Gasteiger partial charge in [-0.05, 0) is 31.4 Å². The van der Waals surface area contributed by atoms with Crippen molar-refractivity contribution in [3.05, 3.63) is 12.3 Å². The van der Waals surface area contributed by atoms with Crippen molar-refractivity contribution in [3.63, 3.8) is 0 Å². The lowest BCUT2D eigenvalue weighted by Crippen LogP contribution is -2.49. The van der Waals surface area contributed by atoms with E-state index in [0.29, 0.717) is 24.3 Å². The van der Waals surface area contributed by atoms with Gasteiger partial charge in [0, 0.05) is 51.9 Å². The maximum atomic E-state index is 12.6. The Hall–Kier alpha value is -1.89. The van der Waals surface area contributed by atoms with Crippen LogP contribution in [0.2, 0.25) is 0 Å². The third kappa shape index (κ3) is 4.60. The molecule has 7 nitrogen and oxygen atoms in total. The first-order chi connectivity index (χ1) is 12.2. The minimum absolute atomic E-state index is 0.331. The van der Waals surface area contributed by atoms with Crippen LogP contribution in [0.4, 0.5) is 5.82 Å². The summed E-state index contributed by atoms with van der Waals surface area (Å²) < 4.78 is 5.10. The fourth-order valence-electron chi connectivity index (χ4n) is 3.66. The minimum Gasteiger partial charge on any atom is -0.467 e. The Morgan fingerprint density at radius 1 is 1.20 bits per heavy atom. The van der Waals surface area contributed by atoms with Crippen molar-refractivity contribution in [2.45, 2.75) is 26.2 Å². The maximum absolute atomic E-state index is 12.6. The van der Waals surface area contributed by atoms with Crippen LogP contribution in [-0.2, 0) is 4.79 Å². The van der Waals surface area contributed by atoms with E-state index in [1.807, 2.05) is 11.0 Å². The van der Waals surface area contributed by atoms with E-state index in [0.717, 1.165) is 64.5 Å². The molecule has 2 aliphatic rings. The SMILES string of the molecule is CCN1CCN(C(=O)CC2CCN(c3ccnc(OC)n3)CC2)CC1. The summed E-state index contributed by atoms with van der Waals surface area (Å²) in [5.74, 6) is 1.72. The highest BCUT2D eigenvalue weighted by Crippen LogP contribution is 2.25. The Morgan fingerprint density at radius 3 is 2.56 bits per heavy atom. The molecule has 1 aromatic heterocycles. The number of piperazine rings is 1. The quantitative estimate of drug-likeness (QED) is 0.799. The molecule has 7 heteroatoms. The Labute approximate surface area is 150 Å². The molecule has 0 unspecified atom stereocenters. The molecule has 0 N–H and O–H groups in total. The second kappa shape index (κ2) is 8.47. The molecule has 0 radical (unpaired) electrons. The van der Waals surface area contributed by atoms with E-state index in [9.17, 15) is 4.79 Å². The molecule has 3 rings (SSSR count). The van der Waals surface area contributed by atoms with Crippen LogP contribution in [-0.4, -0.2) is 78.6 Å². The van der Waals surface area contributed by atoms with Crippen LogP contribution in [0.3, 0.4) is 0 Å². The van der Waals surface area contributed by atoms with Crippen molar-refractivity contribution in [1.82, 2.24) is 19.8 Å². The molecule has 3 heterocycles. The molecule has 0 spiro atoms. The second-order valence-electron chi connectivity index (χ2n) is 6.85. The van der Waals surface area contributed by atoms with Crippen LogP contribution in [0, 0.1) is 5.92 Å². The van der Waals surface area contributed by atoms with Crippen LogP contribution >= 0.6 is 0 Å². The lowest BCUT2D eigenvalue weighted by molar-refractivity contribution is -0.134. The predicted molar refractivity (Wildman–Crippen MR) is 96.8 cm³/mol. The van der Waals surface area contributed by atoms with Gasteiger partial charge in [0.15, 0.2) is 0 Å². The summed E-state index contributed by atoms with van der Waals surface area (Å²) in [7, 11) is 1.58. The van der Waals surface area contributed by atoms with Crippen molar-refractivity contribution >= 4 is 11.7 Å². The van der Waals surface area contributed by atoms with Gasteiger partial charge in [0.1, 0.15) is 5.82 Å². The minimum atomic E-state index is 0.331. The van der Waals surface area contributed by atoms with Crippen LogP contribution in [0.1, 0.15) is 26.2 Å². The van der Waals surface area contributed by atoms with Gasteiger partial charge in [0.05, 0.1) is 7.11 Å². The summed E-state index contributed by atoms with van der Waals surface area (Å²) in [5.41, 5.74) is 0. The van der Waals surface area contributed by atoms with Crippen molar-refractivity contribution in [3.8, 4) is 6.01 Å². The maximum Gasteiger partial charge on any atom is 0.318 e. The molecule has 2 saturated heterocycles. The number of carbonyl (C=O) groups is 1. The van der Waals surface area contributed by atoms with Gasteiger partial charge in [-0.15, -0.1) is 0 Å². The largest absolute Gasteiger partial charge is 0.467 e. The summed E-state index contributed by atoms with van der Waals surface area (Å²) in [6, 6.07) is 2.32. The van der Waals surface area contributed by atoms with Gasteiger partial charge in [-0.2, -0.15) is 4.98 Å². The smallest absolute Gasteiger partial charge is 0.318 e. The number of hydrogen-bond acceptors (Lipinski definition) is 6. The number of methoxy groups -OCH3 is 1. The summed E-state index contributed by atoms with van der Waals surface area (Å²) in [5, 5.41) is 0. The van der Waals surface area contributed by atoms with Gasteiger partial charge in [0.25, 0.3) is 0 Å². The summed E-state index contributed by atoms with van der Waals surface area (Å²) in [6.07, 6.45) is 4.49. The lowest BCUT2D eigenvalue weighted by atomic mass is 9.93. The van der Waals surface area contributed by atoms with Gasteiger partial charge in [0.2, 0.25) is 5.91 Å². The van der Waals surface area contributed by atoms with Crippen molar-refractivity contribution in [1.29, 1.82) is 0 Å². The van der Waals surface area contributed by atoms with E-state index in [-0.39, 0.29) is 0 Å². The molecule has 0 atom stereocenters. The number of anilines is 1. The van der Waals surface area contributed by atoms with Crippen molar-refractivity contribution in [2.24, 2.45) is 5.92 Å². The molecule has 138 valence electrons. The van der Waals surface area contributed by atoms with E-state index >= 15 is 0 Å². The third-order valence-corrected chi connectivity index (χ3v) is 5.38. The van der Waals surface area contributed by atoms with Gasteiger partial charge < -0.3 is 19.4 Å². The number of ether oxygens (including phenoxy) is 1. The molecule has 1 aromatic rings. The van der Waals surface area contributed by atoms with Crippen LogP contribution in [0.5, 0.6) is 6.01 Å². The van der Waals surface area contributed by atoms with Crippen LogP contribution in [0.25, 0.3) is 0 Å². The first-order valence-electron chi connectivity index (χ1n) is 9.31. The topological polar surface area (TPSA) is 61.8 Å². The first-order valence-corrected chi connectivity index (χ1v) is 9.31. The van der Waals surface area contributed by atoms with E-state index in [2.05, 4.69) is 26.7 Å². The summed E-state index contributed by atoms with van der Waals surface area (Å²) in [4.78, 5) is 27.7. The molecule has 0 saturated carbocycles. The molecule has 0 aliphatic carbocycles. The molecular weight excluding hydrogens is 318 g/mol. The van der Waals surface area contributed by atoms with E-state index in [4.69, 9.17) is 4.74 Å². The van der Waals surface area contributed by atoms with Gasteiger partial charge >= 0.3 is 6.01 Å². The number of piperidine rings is 1. The first kappa shape index (κ1) is 17.9. The van der Waals surface area contributed by atoms with Crippen LogP contribution < -0.4 is 9.64 Å². The zero-order chi connectivity index (χ0) is 17.6. The number of amides is 1. The Morgan fingerprint density at radius 2 is 1.92 bits per heavy atom. The number of likely N-dealkylation sites (N-methyl/N-ethyl adjacent to an activating group) is 1. The molecule has 1 amide bonds. The van der Waals surface area contributed by atoms with Crippen LogP contribution in [0.15, 0.2) is 12.3 Å². The molecular formula is C18H29N5O2. The summed E-state index contributed by atoms with van der Waals surface area (Å²) in [6.45, 7) is 8.90. The summed E-state index contributed by atoms with van der Waals surface area (Å²) >= 11 is 0. The molecule has 0 bridgehead atoms.